The highest BCUT2D eigenvalue weighted by atomic mass is 32.2. The van der Waals surface area contributed by atoms with Crippen LogP contribution in [0, 0.1) is 0 Å². The number of nitrogens with one attached hydrogen (secondary N) is 1. The summed E-state index contributed by atoms with van der Waals surface area (Å²) >= 11 is 1.37. The molecule has 0 amide bonds. The predicted molar refractivity (Wildman–Crippen MR) is 72.7 cm³/mol. The van der Waals surface area contributed by atoms with Gasteiger partial charge in [-0.2, -0.15) is 0 Å². The van der Waals surface area contributed by atoms with Crippen molar-refractivity contribution in [3.05, 3.63) is 24.3 Å². The van der Waals surface area contributed by atoms with Crippen LogP contribution < -0.4 is 0 Å². The van der Waals surface area contributed by atoms with Gasteiger partial charge in [0.25, 0.3) is 0 Å². The number of ether oxygens (including phenoxy) is 1. The van der Waals surface area contributed by atoms with Crippen LogP contribution in [0.5, 0.6) is 0 Å². The Kier molecular flexibility index (Phi) is 4.25. The van der Waals surface area contributed by atoms with E-state index >= 15 is 0 Å². The van der Waals surface area contributed by atoms with Gasteiger partial charge in [-0.3, -0.25) is 4.79 Å². The minimum atomic E-state index is -0.199. The molecule has 0 fully saturated rings. The lowest BCUT2D eigenvalue weighted by molar-refractivity contribution is -0.144. The van der Waals surface area contributed by atoms with E-state index in [4.69, 9.17) is 4.74 Å². The Morgan fingerprint density at radius 2 is 2.28 bits per heavy atom. The minimum absolute atomic E-state index is 0.0197. The molecule has 18 heavy (non-hydrogen) atoms. The number of carbonyl (C=O) groups excluding carboxylic acids is 1. The number of imidazole rings is 1. The summed E-state index contributed by atoms with van der Waals surface area (Å²) in [7, 11) is 0. The number of esters is 1. The van der Waals surface area contributed by atoms with Crippen LogP contribution in [0.4, 0.5) is 0 Å². The van der Waals surface area contributed by atoms with Crippen LogP contribution in [-0.4, -0.2) is 27.8 Å². The fourth-order valence-electron chi connectivity index (χ4n) is 1.47. The number of para-hydroxylation sites is 2. The van der Waals surface area contributed by atoms with Gasteiger partial charge in [-0.05, 0) is 25.5 Å². The zero-order valence-corrected chi connectivity index (χ0v) is 11.3. The summed E-state index contributed by atoms with van der Waals surface area (Å²) in [5.74, 6) is 0.0827. The van der Waals surface area contributed by atoms with Crippen molar-refractivity contribution >= 4 is 28.8 Å². The molecule has 0 radical (unpaired) electrons. The van der Waals surface area contributed by atoms with Crippen molar-refractivity contribution in [1.82, 2.24) is 9.97 Å². The van der Waals surface area contributed by atoms with Crippen LogP contribution in [0.3, 0.4) is 0 Å². The Hall–Kier alpha value is -1.49. The average Bonchev–Trinajstić information content (AvgIpc) is 2.79. The third-order valence-corrected chi connectivity index (χ3v) is 3.45. The molecule has 0 aliphatic rings. The summed E-state index contributed by atoms with van der Waals surface area (Å²) in [5, 5.41) is 0.748. The van der Waals surface area contributed by atoms with Gasteiger partial charge in [-0.25, -0.2) is 4.98 Å². The molecule has 0 aliphatic carbocycles. The van der Waals surface area contributed by atoms with Gasteiger partial charge < -0.3 is 9.72 Å². The smallest absolute Gasteiger partial charge is 0.316 e. The van der Waals surface area contributed by atoms with Crippen molar-refractivity contribution in [3.8, 4) is 0 Å². The Morgan fingerprint density at radius 1 is 1.50 bits per heavy atom. The van der Waals surface area contributed by atoms with Crippen LogP contribution in [-0.2, 0) is 9.53 Å². The molecule has 1 N–H and O–H groups in total. The number of H-pyrrole nitrogens is 1. The Bertz CT molecular complexity index is 506. The first kappa shape index (κ1) is 13.0. The van der Waals surface area contributed by atoms with E-state index in [1.807, 2.05) is 38.1 Å². The van der Waals surface area contributed by atoms with Gasteiger partial charge >= 0.3 is 5.97 Å². The lowest BCUT2D eigenvalue weighted by Crippen LogP contribution is -2.15. The molecule has 0 saturated carbocycles. The number of hydrogen-bond donors (Lipinski definition) is 1. The van der Waals surface area contributed by atoms with Gasteiger partial charge in [0.1, 0.15) is 0 Å². The Balaban J connectivity index is 1.92. The maximum Gasteiger partial charge on any atom is 0.316 e. The predicted octanol–water partition coefficient (Wildman–Crippen LogP) is 3.00. The lowest BCUT2D eigenvalue weighted by Gasteiger charge is -2.09. The number of aromatic amines is 1. The van der Waals surface area contributed by atoms with Crippen LogP contribution in [0.15, 0.2) is 29.4 Å². The van der Waals surface area contributed by atoms with Crippen molar-refractivity contribution in [3.63, 3.8) is 0 Å². The van der Waals surface area contributed by atoms with Gasteiger partial charge in [-0.1, -0.05) is 30.8 Å². The molecule has 2 aromatic rings. The first-order valence-corrected chi connectivity index (χ1v) is 6.94. The second kappa shape index (κ2) is 5.91. The highest BCUT2D eigenvalue weighted by molar-refractivity contribution is 7.99. The first-order valence-electron chi connectivity index (χ1n) is 5.96. The molecule has 1 atom stereocenters. The number of benzene rings is 1. The highest BCUT2D eigenvalue weighted by Gasteiger charge is 2.10. The topological polar surface area (TPSA) is 55.0 Å². The third-order valence-electron chi connectivity index (χ3n) is 2.60. The Morgan fingerprint density at radius 3 is 3.00 bits per heavy atom. The molecule has 0 spiro atoms. The van der Waals surface area contributed by atoms with E-state index in [2.05, 4.69) is 9.97 Å². The van der Waals surface area contributed by atoms with E-state index in [1.165, 1.54) is 11.8 Å². The van der Waals surface area contributed by atoms with Crippen molar-refractivity contribution in [2.75, 3.05) is 5.75 Å². The second-order valence-corrected chi connectivity index (χ2v) is 5.02. The maximum atomic E-state index is 11.5. The molecule has 0 aliphatic heterocycles. The quantitative estimate of drug-likeness (QED) is 0.666. The first-order chi connectivity index (χ1) is 8.69. The van der Waals surface area contributed by atoms with Gasteiger partial charge in [-0.15, -0.1) is 0 Å². The van der Waals surface area contributed by atoms with E-state index in [0.29, 0.717) is 0 Å². The highest BCUT2D eigenvalue weighted by Crippen LogP contribution is 2.19. The summed E-state index contributed by atoms with van der Waals surface area (Å²) in [4.78, 5) is 19.1. The molecule has 0 bridgehead atoms. The lowest BCUT2D eigenvalue weighted by atomic mass is 10.3. The molecular weight excluding hydrogens is 248 g/mol. The molecule has 5 heteroatoms. The number of carbonyl (C=O) groups is 1. The fraction of sp³-hybridized carbons (Fsp3) is 0.385. The SMILES string of the molecule is CC[C@@H](C)OC(=O)CSc1nc2ccccc2[nH]1. The number of rotatable bonds is 5. The molecule has 2 rings (SSSR count). The van der Waals surface area contributed by atoms with E-state index in [0.717, 1.165) is 22.6 Å². The van der Waals surface area contributed by atoms with Gasteiger partial charge in [0, 0.05) is 0 Å². The summed E-state index contributed by atoms with van der Waals surface area (Å²) in [6, 6.07) is 7.79. The molecule has 1 heterocycles. The third kappa shape index (κ3) is 3.26. The summed E-state index contributed by atoms with van der Waals surface area (Å²) in [6.45, 7) is 3.88. The molecule has 1 aromatic carbocycles. The number of fused-ring (bicyclic) bond motifs is 1. The van der Waals surface area contributed by atoms with E-state index in [9.17, 15) is 4.79 Å². The molecular formula is C13H16N2O2S. The van der Waals surface area contributed by atoms with Gasteiger partial charge in [0.05, 0.1) is 22.9 Å². The van der Waals surface area contributed by atoms with Crippen LogP contribution in [0.25, 0.3) is 11.0 Å². The fourth-order valence-corrected chi connectivity index (χ4v) is 2.13. The number of hydrogen-bond acceptors (Lipinski definition) is 4. The van der Waals surface area contributed by atoms with E-state index in [-0.39, 0.29) is 17.8 Å². The van der Waals surface area contributed by atoms with Crippen LogP contribution in [0.1, 0.15) is 20.3 Å². The summed E-state index contributed by atoms with van der Waals surface area (Å²) < 4.78 is 5.19. The van der Waals surface area contributed by atoms with Gasteiger partial charge in [0.15, 0.2) is 5.16 Å². The number of nitrogens with zero attached hydrogens (tertiary/aromatic N) is 1. The molecule has 1 aromatic heterocycles. The molecule has 96 valence electrons. The normalized spacial score (nSPS) is 12.6. The van der Waals surface area contributed by atoms with Crippen molar-refractivity contribution in [2.45, 2.75) is 31.5 Å². The minimum Gasteiger partial charge on any atom is -0.462 e. The largest absolute Gasteiger partial charge is 0.462 e. The monoisotopic (exact) mass is 264 g/mol. The molecule has 0 saturated heterocycles. The van der Waals surface area contributed by atoms with Crippen molar-refractivity contribution in [2.24, 2.45) is 0 Å². The molecule has 4 nitrogen and oxygen atoms in total. The zero-order chi connectivity index (χ0) is 13.0. The Labute approximate surface area is 110 Å². The van der Waals surface area contributed by atoms with Gasteiger partial charge in [0.2, 0.25) is 0 Å². The van der Waals surface area contributed by atoms with E-state index in [1.54, 1.807) is 0 Å². The van der Waals surface area contributed by atoms with Crippen LogP contribution in [0.2, 0.25) is 0 Å². The van der Waals surface area contributed by atoms with Crippen molar-refractivity contribution < 1.29 is 9.53 Å². The van der Waals surface area contributed by atoms with Crippen molar-refractivity contribution in [1.29, 1.82) is 0 Å². The zero-order valence-electron chi connectivity index (χ0n) is 10.5. The summed E-state index contributed by atoms with van der Waals surface area (Å²) in [5.41, 5.74) is 1.89. The molecule has 0 unspecified atom stereocenters. The number of thioether (sulfide) groups is 1. The second-order valence-electron chi connectivity index (χ2n) is 4.06. The maximum absolute atomic E-state index is 11.5. The standard InChI is InChI=1S/C13H16N2O2S/c1-3-9(2)17-12(16)8-18-13-14-10-6-4-5-7-11(10)15-13/h4-7,9H,3,8H2,1-2H3,(H,14,15)/t9-/m1/s1. The summed E-state index contributed by atoms with van der Waals surface area (Å²) in [6.07, 6.45) is 0.815. The van der Waals surface area contributed by atoms with E-state index < -0.39 is 0 Å². The van der Waals surface area contributed by atoms with Crippen LogP contribution >= 0.6 is 11.8 Å². The number of aromatic nitrogens is 2. The average molecular weight is 264 g/mol.